The van der Waals surface area contributed by atoms with Gasteiger partial charge >= 0.3 is 11.9 Å². The molecule has 0 heterocycles. The Kier molecular flexibility index (Phi) is 10.9. The maximum absolute atomic E-state index is 12.6. The van der Waals surface area contributed by atoms with E-state index in [1.807, 2.05) is 82.3 Å². The topological polar surface area (TPSA) is 92.7 Å². The number of carboxylic acids is 1. The van der Waals surface area contributed by atoms with Crippen LogP contribution in [0.15, 0.2) is 71.8 Å². The van der Waals surface area contributed by atoms with Gasteiger partial charge in [-0.2, -0.15) is 0 Å². The fourth-order valence-corrected chi connectivity index (χ4v) is 3.53. The second-order valence-electron chi connectivity index (χ2n) is 9.16. The largest absolute Gasteiger partial charge is 0.480 e. The summed E-state index contributed by atoms with van der Waals surface area (Å²) in [6.45, 7) is 9.37. The predicted octanol–water partition coefficient (Wildman–Crippen LogP) is 5.45. The summed E-state index contributed by atoms with van der Waals surface area (Å²) >= 11 is 0. The number of carbonyl (C=O) groups excluding carboxylic acids is 2. The van der Waals surface area contributed by atoms with Gasteiger partial charge < -0.3 is 15.2 Å². The van der Waals surface area contributed by atoms with Crippen LogP contribution in [-0.4, -0.2) is 29.0 Å². The van der Waals surface area contributed by atoms with Gasteiger partial charge in [0.25, 0.3) is 0 Å². The van der Waals surface area contributed by atoms with Crippen molar-refractivity contribution in [1.82, 2.24) is 5.32 Å². The van der Waals surface area contributed by atoms with Gasteiger partial charge in [-0.1, -0.05) is 53.6 Å². The molecule has 190 valence electrons. The molecule has 2 aromatic rings. The summed E-state index contributed by atoms with van der Waals surface area (Å²) in [6, 6.07) is 11.9. The highest BCUT2D eigenvalue weighted by Crippen LogP contribution is 2.29. The van der Waals surface area contributed by atoms with Crippen molar-refractivity contribution < 1.29 is 24.2 Å². The fraction of sp³-hybridized carbons (Fsp3) is 0.300. The zero-order valence-corrected chi connectivity index (χ0v) is 21.6. The average Bonchev–Trinajstić information content (AvgIpc) is 2.81. The van der Waals surface area contributed by atoms with Crippen molar-refractivity contribution in [2.45, 2.75) is 59.9 Å². The molecule has 0 fully saturated rings. The molecular formula is C30H35NO5. The number of nitrogens with one attached hydrogen (secondary N) is 1. The van der Waals surface area contributed by atoms with Crippen LogP contribution in [0, 0.1) is 0 Å². The van der Waals surface area contributed by atoms with E-state index in [9.17, 15) is 19.5 Å². The van der Waals surface area contributed by atoms with Crippen LogP contribution >= 0.6 is 0 Å². The maximum Gasteiger partial charge on any atom is 0.326 e. The molecule has 1 amide bonds. The summed E-state index contributed by atoms with van der Waals surface area (Å²) in [5.41, 5.74) is 5.51. The number of benzene rings is 2. The van der Waals surface area contributed by atoms with E-state index in [1.54, 1.807) is 6.08 Å². The van der Waals surface area contributed by atoms with Crippen LogP contribution in [0.2, 0.25) is 0 Å². The van der Waals surface area contributed by atoms with Gasteiger partial charge in [-0.25, -0.2) is 4.79 Å². The second kappa shape index (κ2) is 13.8. The molecule has 1 atom stereocenters. The minimum atomic E-state index is -1.10. The smallest absolute Gasteiger partial charge is 0.326 e. The average molecular weight is 490 g/mol. The SMILES string of the molecule is CC(=O)Oc1c(CC=C(C)C)cc(/C=C/C(=O)N[C@@H](Cc2ccccc2)C(=O)O)cc1CC=C(C)C. The van der Waals surface area contributed by atoms with Crippen LogP contribution in [0.25, 0.3) is 6.08 Å². The van der Waals surface area contributed by atoms with Gasteiger partial charge in [0.15, 0.2) is 0 Å². The zero-order valence-electron chi connectivity index (χ0n) is 21.6. The Morgan fingerprint density at radius 1 is 0.917 bits per heavy atom. The van der Waals surface area contributed by atoms with Crippen molar-refractivity contribution in [3.8, 4) is 5.75 Å². The van der Waals surface area contributed by atoms with Crippen LogP contribution in [0.3, 0.4) is 0 Å². The van der Waals surface area contributed by atoms with Gasteiger partial charge in [0, 0.05) is 19.4 Å². The lowest BCUT2D eigenvalue weighted by atomic mass is 9.98. The third-order valence-electron chi connectivity index (χ3n) is 5.30. The number of carboxylic acid groups (broad SMARTS) is 1. The Labute approximate surface area is 213 Å². The first-order chi connectivity index (χ1) is 17.0. The number of ether oxygens (including phenoxy) is 1. The number of allylic oxidation sites excluding steroid dienone is 4. The van der Waals surface area contributed by atoms with Gasteiger partial charge in [-0.05, 0) is 81.0 Å². The third-order valence-corrected chi connectivity index (χ3v) is 5.30. The molecule has 2 rings (SSSR count). The van der Waals surface area contributed by atoms with E-state index in [0.29, 0.717) is 18.6 Å². The molecule has 0 aliphatic rings. The van der Waals surface area contributed by atoms with Crippen molar-refractivity contribution in [2.24, 2.45) is 0 Å². The van der Waals surface area contributed by atoms with Crippen molar-refractivity contribution in [3.63, 3.8) is 0 Å². The van der Waals surface area contributed by atoms with E-state index >= 15 is 0 Å². The lowest BCUT2D eigenvalue weighted by Gasteiger charge is -2.15. The molecule has 0 aliphatic heterocycles. The first kappa shape index (κ1) is 28.3. The van der Waals surface area contributed by atoms with Crippen LogP contribution in [-0.2, 0) is 33.6 Å². The molecule has 36 heavy (non-hydrogen) atoms. The number of hydrogen-bond donors (Lipinski definition) is 2. The van der Waals surface area contributed by atoms with Crippen molar-refractivity contribution >= 4 is 23.9 Å². The highest BCUT2D eigenvalue weighted by Gasteiger charge is 2.19. The molecule has 6 heteroatoms. The van der Waals surface area contributed by atoms with Gasteiger partial charge in [-0.15, -0.1) is 0 Å². The van der Waals surface area contributed by atoms with Crippen LogP contribution in [0.4, 0.5) is 0 Å². The van der Waals surface area contributed by atoms with Crippen molar-refractivity contribution in [2.75, 3.05) is 0 Å². The minimum Gasteiger partial charge on any atom is -0.480 e. The molecular weight excluding hydrogens is 454 g/mol. The number of carbonyl (C=O) groups is 3. The monoisotopic (exact) mass is 489 g/mol. The molecule has 0 unspecified atom stereocenters. The maximum atomic E-state index is 12.6. The first-order valence-electron chi connectivity index (χ1n) is 11.9. The van der Waals surface area contributed by atoms with E-state index in [0.717, 1.165) is 33.4 Å². The minimum absolute atomic E-state index is 0.187. The summed E-state index contributed by atoms with van der Waals surface area (Å²) in [7, 11) is 0. The molecule has 0 radical (unpaired) electrons. The van der Waals surface area contributed by atoms with E-state index < -0.39 is 23.9 Å². The Hall–Kier alpha value is -3.93. The Morgan fingerprint density at radius 3 is 1.94 bits per heavy atom. The number of rotatable bonds is 11. The quantitative estimate of drug-likeness (QED) is 0.189. The van der Waals surface area contributed by atoms with Crippen molar-refractivity contribution in [1.29, 1.82) is 0 Å². The normalized spacial score (nSPS) is 11.5. The number of aliphatic carboxylic acids is 1. The molecule has 0 aliphatic carbocycles. The van der Waals surface area contributed by atoms with Gasteiger partial charge in [0.2, 0.25) is 5.91 Å². The predicted molar refractivity (Wildman–Crippen MR) is 143 cm³/mol. The standard InChI is InChI=1S/C30H35NO5/c1-20(2)11-14-25-17-24(18-26(15-12-21(3)4)29(25)36-22(5)32)13-16-28(33)31-27(30(34)35)19-23-9-7-6-8-10-23/h6-13,16-18,27H,14-15,19H2,1-5H3,(H,31,33)(H,34,35)/b16-13+/t27-/m0/s1. The molecule has 2 N–H and O–H groups in total. The zero-order chi connectivity index (χ0) is 26.7. The highest BCUT2D eigenvalue weighted by molar-refractivity contribution is 5.94. The van der Waals surface area contributed by atoms with Gasteiger partial charge in [-0.3, -0.25) is 9.59 Å². The third kappa shape index (κ3) is 9.74. The highest BCUT2D eigenvalue weighted by atomic mass is 16.5. The number of esters is 1. The molecule has 2 aromatic carbocycles. The van der Waals surface area contributed by atoms with E-state index in [4.69, 9.17) is 4.74 Å². The molecule has 0 saturated heterocycles. The summed E-state index contributed by atoms with van der Waals surface area (Å²) in [5, 5.41) is 12.1. The number of hydrogen-bond acceptors (Lipinski definition) is 4. The molecule has 0 bridgehead atoms. The Balaban J connectivity index is 2.34. The van der Waals surface area contributed by atoms with E-state index in [-0.39, 0.29) is 6.42 Å². The van der Waals surface area contributed by atoms with Gasteiger partial charge in [0.1, 0.15) is 11.8 Å². The van der Waals surface area contributed by atoms with Crippen molar-refractivity contribution in [3.05, 3.63) is 94.1 Å². The van der Waals surface area contributed by atoms with Crippen LogP contribution in [0.5, 0.6) is 5.75 Å². The summed E-state index contributed by atoms with van der Waals surface area (Å²) in [6.07, 6.45) is 8.40. The lowest BCUT2D eigenvalue weighted by molar-refractivity contribution is -0.141. The molecule has 0 saturated carbocycles. The Bertz CT molecular complexity index is 1130. The number of amides is 1. The molecule has 6 nitrogen and oxygen atoms in total. The summed E-state index contributed by atoms with van der Waals surface area (Å²) in [5.74, 6) is -1.46. The molecule has 0 spiro atoms. The van der Waals surface area contributed by atoms with Gasteiger partial charge in [0.05, 0.1) is 0 Å². The van der Waals surface area contributed by atoms with Crippen LogP contribution in [0.1, 0.15) is 56.9 Å². The summed E-state index contributed by atoms with van der Waals surface area (Å²) < 4.78 is 5.59. The Morgan fingerprint density at radius 2 is 1.47 bits per heavy atom. The second-order valence-corrected chi connectivity index (χ2v) is 9.16. The lowest BCUT2D eigenvalue weighted by Crippen LogP contribution is -2.41. The van der Waals surface area contributed by atoms with Crippen LogP contribution < -0.4 is 10.1 Å². The first-order valence-corrected chi connectivity index (χ1v) is 11.9. The molecule has 0 aromatic heterocycles. The van der Waals surface area contributed by atoms with E-state index in [1.165, 1.54) is 13.0 Å². The fourth-order valence-electron chi connectivity index (χ4n) is 3.53. The van der Waals surface area contributed by atoms with E-state index in [2.05, 4.69) is 5.32 Å². The summed E-state index contributed by atoms with van der Waals surface area (Å²) in [4.78, 5) is 36.1.